The smallest absolute Gasteiger partial charge is 0.337 e. The molecule has 0 saturated heterocycles. The van der Waals surface area contributed by atoms with Crippen molar-refractivity contribution in [2.75, 3.05) is 30.4 Å². The van der Waals surface area contributed by atoms with E-state index >= 15 is 0 Å². The second-order valence-electron chi connectivity index (χ2n) is 7.46. The van der Waals surface area contributed by atoms with Gasteiger partial charge < -0.3 is 14.8 Å². The summed E-state index contributed by atoms with van der Waals surface area (Å²) in [5.74, 6) is -2.19. The number of sulfonamides is 1. The molecule has 0 saturated carbocycles. The molecule has 1 heterocycles. The van der Waals surface area contributed by atoms with E-state index in [1.165, 1.54) is 42.8 Å². The van der Waals surface area contributed by atoms with Crippen LogP contribution in [-0.2, 0) is 21.2 Å². The number of carbonyl (C=O) groups excluding carboxylic acids is 2. The van der Waals surface area contributed by atoms with Gasteiger partial charge in [0.25, 0.3) is 15.9 Å². The topological polar surface area (TPSA) is 102 Å². The molecule has 0 atom stereocenters. The van der Waals surface area contributed by atoms with E-state index in [0.717, 1.165) is 17.7 Å². The lowest BCUT2D eigenvalue weighted by molar-refractivity contribution is 0.0600. The van der Waals surface area contributed by atoms with Crippen LogP contribution in [0.2, 0.25) is 0 Å². The Labute approximate surface area is 196 Å². The summed E-state index contributed by atoms with van der Waals surface area (Å²) in [6, 6.07) is 14.5. The summed E-state index contributed by atoms with van der Waals surface area (Å²) >= 11 is 0. The molecule has 1 aliphatic rings. The minimum atomic E-state index is -3.97. The molecule has 8 nitrogen and oxygen atoms in total. The zero-order valence-corrected chi connectivity index (χ0v) is 19.2. The quantitative estimate of drug-likeness (QED) is 0.536. The molecule has 176 valence electrons. The SMILES string of the molecule is COC(=O)c1ccc(F)c(NC(=O)c2cc(S(=O)(=O)N3CCc4ccccc43)ccc2OC)c1. The van der Waals surface area contributed by atoms with E-state index in [2.05, 4.69) is 10.1 Å². The predicted octanol–water partition coefficient (Wildman–Crippen LogP) is 3.62. The highest BCUT2D eigenvalue weighted by Crippen LogP contribution is 2.34. The summed E-state index contributed by atoms with van der Waals surface area (Å²) < 4.78 is 52.2. The second-order valence-corrected chi connectivity index (χ2v) is 9.32. The third kappa shape index (κ3) is 4.19. The highest BCUT2D eigenvalue weighted by atomic mass is 32.2. The third-order valence-electron chi connectivity index (χ3n) is 5.48. The van der Waals surface area contributed by atoms with E-state index in [1.54, 1.807) is 12.1 Å². The lowest BCUT2D eigenvalue weighted by atomic mass is 10.1. The second kappa shape index (κ2) is 9.14. The maximum Gasteiger partial charge on any atom is 0.337 e. The summed E-state index contributed by atoms with van der Waals surface area (Å²) in [5.41, 5.74) is 1.16. The normalized spacial score (nSPS) is 12.7. The van der Waals surface area contributed by atoms with Crippen molar-refractivity contribution in [1.29, 1.82) is 0 Å². The number of ether oxygens (including phenoxy) is 2. The van der Waals surface area contributed by atoms with Gasteiger partial charge in [-0.25, -0.2) is 17.6 Å². The van der Waals surface area contributed by atoms with Gasteiger partial charge in [-0.15, -0.1) is 0 Å². The molecule has 1 aliphatic heterocycles. The number of hydrogen-bond donors (Lipinski definition) is 1. The van der Waals surface area contributed by atoms with E-state index in [-0.39, 0.29) is 34.0 Å². The Balaban J connectivity index is 1.69. The van der Waals surface area contributed by atoms with Gasteiger partial charge in [0.05, 0.1) is 41.6 Å². The van der Waals surface area contributed by atoms with Gasteiger partial charge in [0.15, 0.2) is 0 Å². The van der Waals surface area contributed by atoms with Gasteiger partial charge in [0, 0.05) is 6.54 Å². The number of para-hydroxylation sites is 1. The Hall–Kier alpha value is -3.92. The first kappa shape index (κ1) is 23.2. The number of nitrogens with zero attached hydrogens (tertiary/aromatic N) is 1. The molecule has 0 aliphatic carbocycles. The molecule has 0 fully saturated rings. The molecule has 4 rings (SSSR count). The van der Waals surface area contributed by atoms with E-state index in [9.17, 15) is 22.4 Å². The minimum absolute atomic E-state index is 0.0372. The van der Waals surface area contributed by atoms with E-state index < -0.39 is 27.7 Å². The Morgan fingerprint density at radius 3 is 2.53 bits per heavy atom. The molecule has 1 N–H and O–H groups in total. The Morgan fingerprint density at radius 1 is 1.03 bits per heavy atom. The van der Waals surface area contributed by atoms with Gasteiger partial charge in [-0.3, -0.25) is 9.10 Å². The summed E-state index contributed by atoms with van der Waals surface area (Å²) in [4.78, 5) is 24.7. The molecule has 0 aromatic heterocycles. The predicted molar refractivity (Wildman–Crippen MR) is 123 cm³/mol. The molecule has 0 bridgehead atoms. The number of carbonyl (C=O) groups is 2. The number of nitrogens with one attached hydrogen (secondary N) is 1. The van der Waals surface area contributed by atoms with Crippen LogP contribution in [0.1, 0.15) is 26.3 Å². The van der Waals surface area contributed by atoms with Crippen LogP contribution >= 0.6 is 0 Å². The first-order valence-electron chi connectivity index (χ1n) is 10.2. The van der Waals surface area contributed by atoms with Crippen molar-refractivity contribution in [3.05, 3.63) is 83.2 Å². The fourth-order valence-electron chi connectivity index (χ4n) is 3.77. The van der Waals surface area contributed by atoms with Gasteiger partial charge in [-0.2, -0.15) is 0 Å². The highest BCUT2D eigenvalue weighted by molar-refractivity contribution is 7.92. The van der Waals surface area contributed by atoms with Crippen LogP contribution in [0.5, 0.6) is 5.75 Å². The van der Waals surface area contributed by atoms with E-state index in [0.29, 0.717) is 12.1 Å². The molecule has 0 spiro atoms. The van der Waals surface area contributed by atoms with Crippen LogP contribution < -0.4 is 14.4 Å². The van der Waals surface area contributed by atoms with E-state index in [1.807, 2.05) is 12.1 Å². The van der Waals surface area contributed by atoms with Crippen molar-refractivity contribution in [3.8, 4) is 5.75 Å². The minimum Gasteiger partial charge on any atom is -0.496 e. The zero-order chi connectivity index (χ0) is 24.5. The van der Waals surface area contributed by atoms with Gasteiger partial charge in [0.1, 0.15) is 11.6 Å². The fraction of sp³-hybridized carbons (Fsp3) is 0.167. The molecule has 3 aromatic rings. The molecular weight excluding hydrogens is 463 g/mol. The van der Waals surface area contributed by atoms with Crippen LogP contribution in [0.3, 0.4) is 0 Å². The summed E-state index contributed by atoms with van der Waals surface area (Å²) in [6.07, 6.45) is 0.578. The van der Waals surface area contributed by atoms with Crippen LogP contribution in [0.25, 0.3) is 0 Å². The van der Waals surface area contributed by atoms with Gasteiger partial charge in [-0.1, -0.05) is 18.2 Å². The van der Waals surface area contributed by atoms with Crippen molar-refractivity contribution in [1.82, 2.24) is 0 Å². The van der Waals surface area contributed by atoms with E-state index in [4.69, 9.17) is 4.74 Å². The van der Waals surface area contributed by atoms with Gasteiger partial charge in [0.2, 0.25) is 0 Å². The lowest BCUT2D eigenvalue weighted by Gasteiger charge is -2.20. The number of halogens is 1. The van der Waals surface area contributed by atoms with Crippen molar-refractivity contribution in [3.63, 3.8) is 0 Å². The lowest BCUT2D eigenvalue weighted by Crippen LogP contribution is -2.29. The number of hydrogen-bond acceptors (Lipinski definition) is 6. The summed E-state index contributed by atoms with van der Waals surface area (Å²) in [7, 11) is -1.46. The maximum atomic E-state index is 14.3. The molecule has 1 amide bonds. The number of methoxy groups -OCH3 is 2. The zero-order valence-electron chi connectivity index (χ0n) is 18.4. The molecule has 0 radical (unpaired) electrons. The first-order chi connectivity index (χ1) is 16.3. The average molecular weight is 485 g/mol. The summed E-state index contributed by atoms with van der Waals surface area (Å²) in [5, 5.41) is 2.37. The van der Waals surface area contributed by atoms with Crippen LogP contribution in [-0.4, -0.2) is 41.1 Å². The monoisotopic (exact) mass is 484 g/mol. The van der Waals surface area contributed by atoms with Crippen LogP contribution in [0, 0.1) is 5.82 Å². The molecule has 3 aromatic carbocycles. The Morgan fingerprint density at radius 2 is 1.79 bits per heavy atom. The van der Waals surface area contributed by atoms with Gasteiger partial charge >= 0.3 is 5.97 Å². The Kier molecular flexibility index (Phi) is 6.25. The van der Waals surface area contributed by atoms with Crippen LogP contribution in [0.4, 0.5) is 15.8 Å². The van der Waals surface area contributed by atoms with Crippen LogP contribution in [0.15, 0.2) is 65.6 Å². The summed E-state index contributed by atoms with van der Waals surface area (Å²) in [6.45, 7) is 0.279. The maximum absolute atomic E-state index is 14.3. The highest BCUT2D eigenvalue weighted by Gasteiger charge is 2.31. The fourth-order valence-corrected chi connectivity index (χ4v) is 5.30. The van der Waals surface area contributed by atoms with Gasteiger partial charge in [-0.05, 0) is 54.4 Å². The molecule has 10 heteroatoms. The number of rotatable bonds is 6. The van der Waals surface area contributed by atoms with Crippen molar-refractivity contribution >= 4 is 33.3 Å². The molecule has 0 unspecified atom stereocenters. The van der Waals surface area contributed by atoms with Crippen molar-refractivity contribution in [2.24, 2.45) is 0 Å². The number of benzene rings is 3. The van der Waals surface area contributed by atoms with Crippen molar-refractivity contribution in [2.45, 2.75) is 11.3 Å². The average Bonchev–Trinajstić information content (AvgIpc) is 3.29. The largest absolute Gasteiger partial charge is 0.496 e. The number of amides is 1. The first-order valence-corrected chi connectivity index (χ1v) is 11.7. The third-order valence-corrected chi connectivity index (χ3v) is 7.29. The molecule has 34 heavy (non-hydrogen) atoms. The standard InChI is InChI=1S/C24H21FN2O6S/c1-32-22-10-8-17(34(30,31)27-12-11-15-5-3-4-6-21(15)27)14-18(22)23(28)26-20-13-16(24(29)33-2)7-9-19(20)25/h3-10,13-14H,11-12H2,1-2H3,(H,26,28). The number of fused-ring (bicyclic) bond motifs is 1. The molecular formula is C24H21FN2O6S. The number of esters is 1. The van der Waals surface area contributed by atoms with Crippen molar-refractivity contribution < 1.29 is 31.9 Å². The number of anilines is 2. The Bertz CT molecular complexity index is 1390.